The maximum atomic E-state index is 9.00. The van der Waals surface area contributed by atoms with E-state index in [9.17, 15) is 0 Å². The Hall–Kier alpha value is -0.830. The van der Waals surface area contributed by atoms with Crippen molar-refractivity contribution in [3.63, 3.8) is 0 Å². The molecule has 0 heterocycles. The zero-order valence-electron chi connectivity index (χ0n) is 12.7. The summed E-state index contributed by atoms with van der Waals surface area (Å²) < 4.78 is 0. The summed E-state index contributed by atoms with van der Waals surface area (Å²) in [6.45, 7) is 3.63. The molecule has 3 heteroatoms. The SMILES string of the molecule is CC(=O)O.CC/C=C/CCCCCCCCCCO. The molecule has 0 aliphatic heterocycles. The number of aliphatic hydroxyl groups excluding tert-OH is 1. The predicted octanol–water partition coefficient (Wildman–Crippen LogP) is 4.55. The molecule has 0 unspecified atom stereocenters. The summed E-state index contributed by atoms with van der Waals surface area (Å²) in [6.07, 6.45) is 17.3. The average Bonchev–Trinajstić information content (AvgIpc) is 2.35. The van der Waals surface area contributed by atoms with Gasteiger partial charge in [0, 0.05) is 13.5 Å². The number of hydrogen-bond acceptors (Lipinski definition) is 2. The second kappa shape index (κ2) is 19.5. The first kappa shape index (κ1) is 20.5. The Morgan fingerprint density at radius 3 is 1.74 bits per heavy atom. The van der Waals surface area contributed by atoms with Crippen LogP contribution < -0.4 is 0 Å². The quantitative estimate of drug-likeness (QED) is 0.428. The minimum Gasteiger partial charge on any atom is -0.481 e. The van der Waals surface area contributed by atoms with Crippen LogP contribution in [0.25, 0.3) is 0 Å². The summed E-state index contributed by atoms with van der Waals surface area (Å²) in [5.41, 5.74) is 0. The van der Waals surface area contributed by atoms with Crippen LogP contribution in [0, 0.1) is 0 Å². The lowest BCUT2D eigenvalue weighted by Gasteiger charge is -2.00. The summed E-state index contributed by atoms with van der Waals surface area (Å²) >= 11 is 0. The van der Waals surface area contributed by atoms with Crippen molar-refractivity contribution in [2.24, 2.45) is 0 Å². The van der Waals surface area contributed by atoms with Gasteiger partial charge in [-0.05, 0) is 25.7 Å². The van der Waals surface area contributed by atoms with Gasteiger partial charge in [-0.25, -0.2) is 0 Å². The average molecular weight is 272 g/mol. The third kappa shape index (κ3) is 31.7. The van der Waals surface area contributed by atoms with Crippen molar-refractivity contribution in [2.45, 2.75) is 78.1 Å². The van der Waals surface area contributed by atoms with Crippen LogP contribution in [0.4, 0.5) is 0 Å². The zero-order valence-corrected chi connectivity index (χ0v) is 12.7. The fourth-order valence-corrected chi connectivity index (χ4v) is 1.72. The lowest BCUT2D eigenvalue weighted by atomic mass is 10.1. The van der Waals surface area contributed by atoms with Gasteiger partial charge in [0.15, 0.2) is 0 Å². The van der Waals surface area contributed by atoms with Crippen molar-refractivity contribution >= 4 is 5.97 Å². The molecule has 0 aliphatic rings. The second-order valence-corrected chi connectivity index (χ2v) is 4.74. The monoisotopic (exact) mass is 272 g/mol. The van der Waals surface area contributed by atoms with E-state index in [1.54, 1.807) is 0 Å². The lowest BCUT2D eigenvalue weighted by Crippen LogP contribution is -1.84. The number of rotatable bonds is 11. The Morgan fingerprint density at radius 2 is 1.32 bits per heavy atom. The van der Waals surface area contributed by atoms with Gasteiger partial charge >= 0.3 is 0 Å². The van der Waals surface area contributed by atoms with Crippen molar-refractivity contribution in [3.8, 4) is 0 Å². The van der Waals surface area contributed by atoms with Gasteiger partial charge in [-0.2, -0.15) is 0 Å². The molecule has 0 amide bonds. The standard InChI is InChI=1S/C14H28O.C2H4O2/c1-2-3-4-5-6-7-8-9-10-11-12-13-14-15;1-2(3)4/h3-4,15H,2,5-14H2,1H3;1H3,(H,3,4)/b4-3+;. The third-order valence-corrected chi connectivity index (χ3v) is 2.68. The number of carbonyl (C=O) groups is 1. The smallest absolute Gasteiger partial charge is 0.300 e. The first-order valence-corrected chi connectivity index (χ1v) is 7.60. The predicted molar refractivity (Wildman–Crippen MR) is 81.4 cm³/mol. The molecule has 0 aromatic heterocycles. The highest BCUT2D eigenvalue weighted by Gasteiger charge is 1.91. The number of carboxylic acid groups (broad SMARTS) is 1. The van der Waals surface area contributed by atoms with E-state index in [0.29, 0.717) is 6.61 Å². The normalized spacial score (nSPS) is 10.3. The Labute approximate surface area is 118 Å². The highest BCUT2D eigenvalue weighted by molar-refractivity contribution is 5.62. The summed E-state index contributed by atoms with van der Waals surface area (Å²) in [5, 5.41) is 16.0. The topological polar surface area (TPSA) is 57.5 Å². The summed E-state index contributed by atoms with van der Waals surface area (Å²) in [5.74, 6) is -0.833. The fraction of sp³-hybridized carbons (Fsp3) is 0.812. The van der Waals surface area contributed by atoms with Crippen LogP contribution >= 0.6 is 0 Å². The van der Waals surface area contributed by atoms with Gasteiger partial charge in [0.2, 0.25) is 0 Å². The van der Waals surface area contributed by atoms with Crippen LogP contribution in [-0.2, 0) is 4.79 Å². The van der Waals surface area contributed by atoms with Crippen molar-refractivity contribution in [2.75, 3.05) is 6.61 Å². The number of allylic oxidation sites excluding steroid dienone is 2. The minimum absolute atomic E-state index is 0.365. The van der Waals surface area contributed by atoms with Crippen molar-refractivity contribution < 1.29 is 15.0 Å². The molecule has 0 saturated heterocycles. The molecule has 0 saturated carbocycles. The zero-order chi connectivity index (χ0) is 14.8. The van der Waals surface area contributed by atoms with E-state index in [1.165, 1.54) is 57.8 Å². The van der Waals surface area contributed by atoms with Crippen LogP contribution in [0.3, 0.4) is 0 Å². The highest BCUT2D eigenvalue weighted by atomic mass is 16.4. The van der Waals surface area contributed by atoms with E-state index in [1.807, 2.05) is 0 Å². The van der Waals surface area contributed by atoms with Crippen LogP contribution in [0.5, 0.6) is 0 Å². The van der Waals surface area contributed by atoms with Crippen LogP contribution in [0.1, 0.15) is 78.1 Å². The lowest BCUT2D eigenvalue weighted by molar-refractivity contribution is -0.134. The Bertz CT molecular complexity index is 196. The molecular formula is C16H32O3. The van der Waals surface area contributed by atoms with Gasteiger partial charge in [0.05, 0.1) is 0 Å². The van der Waals surface area contributed by atoms with E-state index < -0.39 is 5.97 Å². The van der Waals surface area contributed by atoms with Crippen LogP contribution in [0.15, 0.2) is 12.2 Å². The van der Waals surface area contributed by atoms with Gasteiger partial charge in [-0.3, -0.25) is 4.79 Å². The first-order chi connectivity index (χ1) is 9.15. The number of aliphatic hydroxyl groups is 1. The number of hydrogen-bond donors (Lipinski definition) is 2. The third-order valence-electron chi connectivity index (χ3n) is 2.68. The van der Waals surface area contributed by atoms with E-state index >= 15 is 0 Å². The molecule has 0 spiro atoms. The van der Waals surface area contributed by atoms with Gasteiger partial charge in [0.1, 0.15) is 0 Å². The fourth-order valence-electron chi connectivity index (χ4n) is 1.72. The van der Waals surface area contributed by atoms with E-state index in [-0.39, 0.29) is 0 Å². The second-order valence-electron chi connectivity index (χ2n) is 4.74. The molecule has 0 rings (SSSR count). The summed E-state index contributed by atoms with van der Waals surface area (Å²) in [6, 6.07) is 0. The van der Waals surface area contributed by atoms with E-state index in [0.717, 1.165) is 13.3 Å². The Morgan fingerprint density at radius 1 is 0.895 bits per heavy atom. The molecular weight excluding hydrogens is 240 g/mol. The van der Waals surface area contributed by atoms with E-state index in [4.69, 9.17) is 15.0 Å². The Balaban J connectivity index is 0. The van der Waals surface area contributed by atoms with Gasteiger partial charge in [0.25, 0.3) is 5.97 Å². The van der Waals surface area contributed by atoms with Crippen LogP contribution in [-0.4, -0.2) is 22.8 Å². The molecule has 2 N–H and O–H groups in total. The van der Waals surface area contributed by atoms with Gasteiger partial charge in [-0.15, -0.1) is 0 Å². The number of carboxylic acids is 1. The maximum absolute atomic E-state index is 9.00. The molecule has 19 heavy (non-hydrogen) atoms. The largest absolute Gasteiger partial charge is 0.481 e. The molecule has 0 fully saturated rings. The van der Waals surface area contributed by atoms with Crippen molar-refractivity contribution in [3.05, 3.63) is 12.2 Å². The van der Waals surface area contributed by atoms with E-state index in [2.05, 4.69) is 19.1 Å². The first-order valence-electron chi connectivity index (χ1n) is 7.60. The maximum Gasteiger partial charge on any atom is 0.300 e. The van der Waals surface area contributed by atoms with Crippen LogP contribution in [0.2, 0.25) is 0 Å². The van der Waals surface area contributed by atoms with Crippen molar-refractivity contribution in [1.29, 1.82) is 0 Å². The van der Waals surface area contributed by atoms with Crippen molar-refractivity contribution in [1.82, 2.24) is 0 Å². The molecule has 3 nitrogen and oxygen atoms in total. The minimum atomic E-state index is -0.833. The summed E-state index contributed by atoms with van der Waals surface area (Å²) in [4.78, 5) is 9.00. The summed E-state index contributed by atoms with van der Waals surface area (Å²) in [7, 11) is 0. The molecule has 0 aromatic carbocycles. The molecule has 0 atom stereocenters. The Kier molecular flexibility index (Phi) is 21.0. The van der Waals surface area contributed by atoms with Gasteiger partial charge in [-0.1, -0.05) is 57.6 Å². The molecule has 0 aliphatic carbocycles. The highest BCUT2D eigenvalue weighted by Crippen LogP contribution is 2.09. The molecule has 0 radical (unpaired) electrons. The number of aliphatic carboxylic acids is 1. The molecule has 114 valence electrons. The molecule has 0 bridgehead atoms. The molecule has 0 aromatic rings. The van der Waals surface area contributed by atoms with Gasteiger partial charge < -0.3 is 10.2 Å². The number of unbranched alkanes of at least 4 members (excludes halogenated alkanes) is 8.